The lowest BCUT2D eigenvalue weighted by Crippen LogP contribution is -2.06. The summed E-state index contributed by atoms with van der Waals surface area (Å²) in [6.07, 6.45) is 0. The molecule has 3 N–H and O–H groups in total. The first-order chi connectivity index (χ1) is 9.79. The van der Waals surface area contributed by atoms with Crippen LogP contribution in [0.5, 0.6) is 0 Å². The Labute approximate surface area is 135 Å². The number of H-pyrrole nitrogens is 2. The van der Waals surface area contributed by atoms with Gasteiger partial charge in [0.05, 0.1) is 21.8 Å². The third kappa shape index (κ3) is 3.06. The van der Waals surface area contributed by atoms with Crippen molar-refractivity contribution in [1.82, 2.24) is 20.4 Å². The van der Waals surface area contributed by atoms with Gasteiger partial charge >= 0.3 is 0 Å². The molecule has 3 aromatic heterocycles. The summed E-state index contributed by atoms with van der Waals surface area (Å²) in [6.45, 7) is 2.76. The quantitative estimate of drug-likeness (QED) is 0.661. The van der Waals surface area contributed by atoms with Gasteiger partial charge in [-0.2, -0.15) is 10.2 Å². The molecule has 0 aromatic carbocycles. The Morgan fingerprint density at radius 3 is 2.71 bits per heavy atom. The zero-order valence-electron chi connectivity index (χ0n) is 11.2. The molecule has 0 bridgehead atoms. The maximum atomic E-state index is 11.2. The van der Waals surface area contributed by atoms with Gasteiger partial charge in [-0.25, -0.2) is 5.10 Å². The monoisotopic (exact) mass is 367 g/mol. The van der Waals surface area contributed by atoms with E-state index in [1.807, 2.05) is 24.4 Å². The standard InChI is InChI=1S/C13H13N5OS.BrH/c1-2-14-13-11(8-5-6-10(19)16-15-8)12(17-18-13)9-4-3-7-20-9;/h3-7H,2H2,1H3,(H,16,19)(H2,14,17,18);1H. The fraction of sp³-hybridized carbons (Fsp3) is 0.154. The van der Waals surface area contributed by atoms with Crippen LogP contribution < -0.4 is 10.9 Å². The molecule has 0 fully saturated rings. The van der Waals surface area contributed by atoms with E-state index in [-0.39, 0.29) is 22.5 Å². The van der Waals surface area contributed by atoms with E-state index < -0.39 is 0 Å². The van der Waals surface area contributed by atoms with Crippen LogP contribution in [0.3, 0.4) is 0 Å². The fourth-order valence-corrected chi connectivity index (χ4v) is 2.70. The van der Waals surface area contributed by atoms with E-state index in [1.165, 1.54) is 6.07 Å². The Balaban J connectivity index is 0.00000161. The van der Waals surface area contributed by atoms with Crippen LogP contribution in [0.15, 0.2) is 34.4 Å². The van der Waals surface area contributed by atoms with E-state index in [1.54, 1.807) is 17.4 Å². The van der Waals surface area contributed by atoms with E-state index in [0.29, 0.717) is 5.69 Å². The van der Waals surface area contributed by atoms with Crippen molar-refractivity contribution in [3.05, 3.63) is 40.0 Å². The molecule has 3 heterocycles. The number of hydrogen-bond donors (Lipinski definition) is 3. The molecule has 6 nitrogen and oxygen atoms in total. The van der Waals surface area contributed by atoms with Gasteiger partial charge in [0.2, 0.25) is 0 Å². The largest absolute Gasteiger partial charge is 0.368 e. The summed E-state index contributed by atoms with van der Waals surface area (Å²) in [7, 11) is 0. The minimum atomic E-state index is -0.222. The van der Waals surface area contributed by atoms with Gasteiger partial charge in [0.25, 0.3) is 5.56 Å². The Morgan fingerprint density at radius 1 is 1.24 bits per heavy atom. The molecule has 0 spiro atoms. The Kier molecular flexibility index (Phi) is 4.92. The maximum Gasteiger partial charge on any atom is 0.264 e. The smallest absolute Gasteiger partial charge is 0.264 e. The summed E-state index contributed by atoms with van der Waals surface area (Å²) in [6, 6.07) is 7.16. The molecule has 8 heteroatoms. The fourth-order valence-electron chi connectivity index (χ4n) is 1.97. The summed E-state index contributed by atoms with van der Waals surface area (Å²) in [5.74, 6) is 0.732. The van der Waals surface area contributed by atoms with Crippen LogP contribution in [-0.4, -0.2) is 26.9 Å². The highest BCUT2D eigenvalue weighted by atomic mass is 79.9. The van der Waals surface area contributed by atoms with Crippen LogP contribution >= 0.6 is 28.3 Å². The number of rotatable bonds is 4. The normalized spacial score (nSPS) is 10.1. The van der Waals surface area contributed by atoms with Gasteiger partial charge in [-0.1, -0.05) is 6.07 Å². The van der Waals surface area contributed by atoms with Crippen LogP contribution in [0.25, 0.3) is 21.8 Å². The predicted octanol–water partition coefficient (Wildman–Crippen LogP) is 2.90. The highest BCUT2D eigenvalue weighted by molar-refractivity contribution is 8.93. The Hall–Kier alpha value is -1.93. The van der Waals surface area contributed by atoms with E-state index in [2.05, 4.69) is 25.7 Å². The number of nitrogens with zero attached hydrogens (tertiary/aromatic N) is 2. The Morgan fingerprint density at radius 2 is 2.10 bits per heavy atom. The van der Waals surface area contributed by atoms with Crippen molar-refractivity contribution in [2.24, 2.45) is 0 Å². The Bertz CT molecular complexity index is 745. The van der Waals surface area contributed by atoms with Crippen LogP contribution in [0.1, 0.15) is 6.92 Å². The topological polar surface area (TPSA) is 86.5 Å². The van der Waals surface area contributed by atoms with Crippen molar-refractivity contribution in [3.63, 3.8) is 0 Å². The molecule has 0 atom stereocenters. The second kappa shape index (κ2) is 6.68. The lowest BCUT2D eigenvalue weighted by molar-refractivity contribution is 0.995. The van der Waals surface area contributed by atoms with Crippen LogP contribution in [0, 0.1) is 0 Å². The van der Waals surface area contributed by atoms with Gasteiger partial charge in [0, 0.05) is 12.6 Å². The van der Waals surface area contributed by atoms with E-state index >= 15 is 0 Å². The highest BCUT2D eigenvalue weighted by Gasteiger charge is 2.18. The van der Waals surface area contributed by atoms with Gasteiger partial charge < -0.3 is 5.32 Å². The van der Waals surface area contributed by atoms with Gasteiger partial charge in [-0.15, -0.1) is 28.3 Å². The van der Waals surface area contributed by atoms with Crippen LogP contribution in [0.2, 0.25) is 0 Å². The molecular weight excluding hydrogens is 354 g/mol. The van der Waals surface area contributed by atoms with Crippen molar-refractivity contribution in [3.8, 4) is 21.8 Å². The first kappa shape index (κ1) is 15.5. The lowest BCUT2D eigenvalue weighted by Gasteiger charge is -2.04. The van der Waals surface area contributed by atoms with E-state index in [0.717, 1.165) is 28.5 Å². The number of aromatic nitrogens is 4. The number of hydrogen-bond acceptors (Lipinski definition) is 5. The van der Waals surface area contributed by atoms with Gasteiger partial charge in [-0.05, 0) is 24.4 Å². The molecule has 0 unspecified atom stereocenters. The molecule has 110 valence electrons. The van der Waals surface area contributed by atoms with Gasteiger partial charge in [0.1, 0.15) is 0 Å². The number of halogens is 1. The van der Waals surface area contributed by atoms with Crippen LogP contribution in [0.4, 0.5) is 5.82 Å². The summed E-state index contributed by atoms with van der Waals surface area (Å²) >= 11 is 1.62. The zero-order valence-corrected chi connectivity index (χ0v) is 13.7. The first-order valence-electron chi connectivity index (χ1n) is 6.22. The third-order valence-electron chi connectivity index (χ3n) is 2.81. The number of thiophene rings is 1. The minimum absolute atomic E-state index is 0. The molecule has 0 aliphatic heterocycles. The molecule has 21 heavy (non-hydrogen) atoms. The molecule has 0 amide bonds. The molecule has 3 aromatic rings. The van der Waals surface area contributed by atoms with E-state index in [4.69, 9.17) is 0 Å². The third-order valence-corrected chi connectivity index (χ3v) is 3.70. The number of nitrogens with one attached hydrogen (secondary N) is 3. The second-order valence-electron chi connectivity index (χ2n) is 4.14. The predicted molar refractivity (Wildman–Crippen MR) is 90.2 cm³/mol. The summed E-state index contributed by atoms with van der Waals surface area (Å²) in [5, 5.41) is 19.1. The first-order valence-corrected chi connectivity index (χ1v) is 7.09. The lowest BCUT2D eigenvalue weighted by atomic mass is 10.1. The SMILES string of the molecule is Br.CCNc1n[nH]c(-c2cccs2)c1-c1ccc(=O)[nH]n1. The van der Waals surface area contributed by atoms with Crippen molar-refractivity contribution in [2.75, 3.05) is 11.9 Å². The van der Waals surface area contributed by atoms with Crippen molar-refractivity contribution in [2.45, 2.75) is 6.92 Å². The molecule has 0 aliphatic rings. The summed E-state index contributed by atoms with van der Waals surface area (Å²) < 4.78 is 0. The molecule has 3 rings (SSSR count). The highest BCUT2D eigenvalue weighted by Crippen LogP contribution is 2.36. The maximum absolute atomic E-state index is 11.2. The molecule has 0 radical (unpaired) electrons. The molecular formula is C13H14BrN5OS. The number of anilines is 1. The van der Waals surface area contributed by atoms with Crippen LogP contribution in [-0.2, 0) is 0 Å². The summed E-state index contributed by atoms with van der Waals surface area (Å²) in [5.41, 5.74) is 2.22. The van der Waals surface area contributed by atoms with Crippen molar-refractivity contribution in [1.29, 1.82) is 0 Å². The summed E-state index contributed by atoms with van der Waals surface area (Å²) in [4.78, 5) is 12.2. The zero-order chi connectivity index (χ0) is 13.9. The second-order valence-corrected chi connectivity index (χ2v) is 5.08. The molecule has 0 aliphatic carbocycles. The molecule has 0 saturated heterocycles. The minimum Gasteiger partial charge on any atom is -0.368 e. The average Bonchev–Trinajstić information content (AvgIpc) is 3.09. The average molecular weight is 368 g/mol. The van der Waals surface area contributed by atoms with Crippen molar-refractivity contribution < 1.29 is 0 Å². The van der Waals surface area contributed by atoms with Gasteiger partial charge in [-0.3, -0.25) is 9.89 Å². The van der Waals surface area contributed by atoms with Crippen molar-refractivity contribution >= 4 is 34.1 Å². The van der Waals surface area contributed by atoms with E-state index in [9.17, 15) is 4.79 Å². The number of aromatic amines is 2. The van der Waals surface area contributed by atoms with Gasteiger partial charge in [0.15, 0.2) is 5.82 Å². The molecule has 0 saturated carbocycles.